The van der Waals surface area contributed by atoms with E-state index in [1.165, 1.54) is 17.5 Å². The highest BCUT2D eigenvalue weighted by molar-refractivity contribution is 8.03. The van der Waals surface area contributed by atoms with Crippen LogP contribution in [0.1, 0.15) is 45.5 Å². The largest absolute Gasteiger partial charge is 0.407 e. The number of rotatable bonds is 6. The molecule has 14 heteroatoms. The second-order valence-corrected chi connectivity index (χ2v) is 11.0. The van der Waals surface area contributed by atoms with Crippen LogP contribution in [0.25, 0.3) is 5.57 Å². The number of carbonyl (C=O) groups is 2. The van der Waals surface area contributed by atoms with E-state index in [2.05, 4.69) is 5.32 Å². The van der Waals surface area contributed by atoms with Crippen molar-refractivity contribution in [3.8, 4) is 0 Å². The number of thioether (sulfide) groups is 1. The molecule has 2 aromatic rings. The maximum absolute atomic E-state index is 14.5. The van der Waals surface area contributed by atoms with Crippen molar-refractivity contribution < 1.29 is 40.3 Å². The molecule has 0 aromatic heterocycles. The molecule has 1 aliphatic carbocycles. The highest BCUT2D eigenvalue weighted by Crippen LogP contribution is 2.60. The van der Waals surface area contributed by atoms with E-state index in [-0.39, 0.29) is 11.1 Å². The molecule has 1 heterocycles. The number of alkyl halides is 6. The highest BCUT2D eigenvalue weighted by Gasteiger charge is 2.59. The lowest BCUT2D eigenvalue weighted by Gasteiger charge is -2.32. The fraction of sp³-hybridized carbons (Fsp3) is 0.360. The number of allylic oxidation sites excluding steroid dienone is 1. The number of hydrogen-bond acceptors (Lipinski definition) is 3. The van der Waals surface area contributed by atoms with Crippen LogP contribution in [0.15, 0.2) is 29.7 Å². The quantitative estimate of drug-likeness (QED) is 0.273. The molecule has 0 bridgehead atoms. The van der Waals surface area contributed by atoms with E-state index in [1.807, 2.05) is 0 Å². The Bertz CT molecular complexity index is 1340. The first-order chi connectivity index (χ1) is 18.1. The molecule has 2 amide bonds. The van der Waals surface area contributed by atoms with Crippen molar-refractivity contribution in [2.45, 2.75) is 42.8 Å². The summed E-state index contributed by atoms with van der Waals surface area (Å²) in [5.41, 5.74) is 2.08. The van der Waals surface area contributed by atoms with Crippen molar-refractivity contribution in [2.24, 2.45) is 0 Å². The minimum atomic E-state index is -4.75. The molecule has 2 N–H and O–H groups in total. The maximum Gasteiger partial charge on any atom is 0.407 e. The molecule has 2 aliphatic rings. The number of carbonyl (C=O) groups excluding carboxylic acids is 2. The summed E-state index contributed by atoms with van der Waals surface area (Å²) in [4.78, 5) is 24.4. The Morgan fingerprint density at radius 1 is 0.974 bits per heavy atom. The molecule has 1 unspecified atom stereocenters. The summed E-state index contributed by atoms with van der Waals surface area (Å²) in [6.07, 6.45) is -8.25. The van der Waals surface area contributed by atoms with Crippen molar-refractivity contribution in [1.82, 2.24) is 10.6 Å². The van der Waals surface area contributed by atoms with Crippen LogP contribution in [0.4, 0.5) is 30.7 Å². The summed E-state index contributed by atoms with van der Waals surface area (Å²) in [5, 5.41) is 4.26. The summed E-state index contributed by atoms with van der Waals surface area (Å²) in [6, 6.07) is 4.78. The summed E-state index contributed by atoms with van der Waals surface area (Å²) < 4.78 is 91.7. The number of halogens is 9. The zero-order valence-electron chi connectivity index (χ0n) is 19.8. The molecule has 0 fully saturated rings. The fourth-order valence-electron chi connectivity index (χ4n) is 4.71. The molecule has 1 aliphatic heterocycles. The fourth-order valence-corrected chi connectivity index (χ4v) is 6.38. The first kappa shape index (κ1) is 29.5. The Morgan fingerprint density at radius 3 is 2.23 bits per heavy atom. The summed E-state index contributed by atoms with van der Waals surface area (Å²) in [6.45, 7) is -2.21. The summed E-state index contributed by atoms with van der Waals surface area (Å²) in [7, 11) is 0. The standard InChI is InChI=1S/C25H19Cl2F7N2O2S/c26-18-6-13(7-19(27)21(18)28)23(25(32,33)34)8-12(10-39-23)14-4-5-17(16-3-1-2-15(14)16)22(38)35-9-20(37)36-11-24(29,30)31/h4-7,10H,1-3,8-9,11H2,(H,35,38)(H,36,37). The van der Waals surface area contributed by atoms with E-state index in [4.69, 9.17) is 23.2 Å². The van der Waals surface area contributed by atoms with Crippen LogP contribution in [0.3, 0.4) is 0 Å². The van der Waals surface area contributed by atoms with Gasteiger partial charge in [0.25, 0.3) is 5.91 Å². The van der Waals surface area contributed by atoms with E-state index >= 15 is 0 Å². The lowest BCUT2D eigenvalue weighted by atomic mass is 9.85. The van der Waals surface area contributed by atoms with Crippen LogP contribution in [-0.4, -0.2) is 37.3 Å². The van der Waals surface area contributed by atoms with Crippen LogP contribution in [0, 0.1) is 5.82 Å². The zero-order valence-corrected chi connectivity index (χ0v) is 22.1. The minimum Gasteiger partial charge on any atom is -0.345 e. The predicted molar refractivity (Wildman–Crippen MR) is 134 cm³/mol. The van der Waals surface area contributed by atoms with Gasteiger partial charge < -0.3 is 10.6 Å². The molecule has 0 saturated heterocycles. The van der Waals surface area contributed by atoms with Gasteiger partial charge in [-0.25, -0.2) is 4.39 Å². The number of fused-ring (bicyclic) bond motifs is 1. The Hall–Kier alpha value is -2.44. The molecule has 0 spiro atoms. The van der Waals surface area contributed by atoms with Crippen LogP contribution >= 0.6 is 35.0 Å². The number of amides is 2. The van der Waals surface area contributed by atoms with Gasteiger partial charge in [0.2, 0.25) is 5.91 Å². The number of nitrogens with one attached hydrogen (secondary N) is 2. The molecule has 210 valence electrons. The highest BCUT2D eigenvalue weighted by atomic mass is 35.5. The molecule has 4 rings (SSSR count). The third-order valence-electron chi connectivity index (χ3n) is 6.52. The van der Waals surface area contributed by atoms with E-state index in [0.29, 0.717) is 53.3 Å². The topological polar surface area (TPSA) is 58.2 Å². The SMILES string of the molecule is O=C(CNC(=O)c1ccc(C2=CSC(c3cc(Cl)c(F)c(Cl)c3)(C(F)(F)F)C2)c2c1CCC2)NCC(F)(F)F. The van der Waals surface area contributed by atoms with Gasteiger partial charge in [0.05, 0.1) is 16.6 Å². The Morgan fingerprint density at radius 2 is 1.62 bits per heavy atom. The van der Waals surface area contributed by atoms with Gasteiger partial charge >= 0.3 is 12.4 Å². The zero-order chi connectivity index (χ0) is 28.8. The molecular weight excluding hydrogens is 596 g/mol. The van der Waals surface area contributed by atoms with Crippen LogP contribution in [0.5, 0.6) is 0 Å². The maximum atomic E-state index is 14.5. The third kappa shape index (κ3) is 6.02. The second-order valence-electron chi connectivity index (χ2n) is 9.06. The van der Waals surface area contributed by atoms with Gasteiger partial charge in [-0.3, -0.25) is 9.59 Å². The molecule has 1 atom stereocenters. The van der Waals surface area contributed by atoms with E-state index < -0.39 is 64.3 Å². The molecule has 0 radical (unpaired) electrons. The molecular formula is C25H19Cl2F7N2O2S. The third-order valence-corrected chi connectivity index (χ3v) is 8.49. The Kier molecular flexibility index (Phi) is 8.22. The van der Waals surface area contributed by atoms with Crippen LogP contribution in [0.2, 0.25) is 10.0 Å². The smallest absolute Gasteiger partial charge is 0.345 e. The average molecular weight is 615 g/mol. The van der Waals surface area contributed by atoms with Gasteiger partial charge in [0, 0.05) is 12.0 Å². The van der Waals surface area contributed by atoms with Crippen molar-refractivity contribution >= 4 is 52.4 Å². The van der Waals surface area contributed by atoms with Gasteiger partial charge in [-0.2, -0.15) is 26.3 Å². The van der Waals surface area contributed by atoms with Crippen molar-refractivity contribution in [3.05, 3.63) is 73.4 Å². The van der Waals surface area contributed by atoms with E-state index in [0.717, 1.165) is 12.1 Å². The normalized spacial score (nSPS) is 19.1. The summed E-state index contributed by atoms with van der Waals surface area (Å²) in [5.74, 6) is -2.72. The summed E-state index contributed by atoms with van der Waals surface area (Å²) >= 11 is 12.1. The monoisotopic (exact) mass is 614 g/mol. The molecule has 0 saturated carbocycles. The first-order valence-corrected chi connectivity index (χ1v) is 13.1. The van der Waals surface area contributed by atoms with Gasteiger partial charge in [0.1, 0.15) is 11.3 Å². The van der Waals surface area contributed by atoms with Crippen molar-refractivity contribution in [3.63, 3.8) is 0 Å². The predicted octanol–water partition coefficient (Wildman–Crippen LogP) is 6.97. The lowest BCUT2D eigenvalue weighted by Crippen LogP contribution is -2.41. The Labute approximate surface area is 232 Å². The van der Waals surface area contributed by atoms with Crippen LogP contribution < -0.4 is 10.6 Å². The molecule has 2 aromatic carbocycles. The van der Waals surface area contributed by atoms with Gasteiger partial charge in [-0.05, 0) is 70.7 Å². The molecule has 4 nitrogen and oxygen atoms in total. The average Bonchev–Trinajstić information content (AvgIpc) is 3.51. The van der Waals surface area contributed by atoms with E-state index in [1.54, 1.807) is 5.32 Å². The minimum absolute atomic E-state index is 0.195. The number of hydrogen-bond donors (Lipinski definition) is 2. The van der Waals surface area contributed by atoms with Crippen molar-refractivity contribution in [1.29, 1.82) is 0 Å². The van der Waals surface area contributed by atoms with Crippen molar-refractivity contribution in [2.75, 3.05) is 13.1 Å². The van der Waals surface area contributed by atoms with Crippen LogP contribution in [-0.2, 0) is 22.4 Å². The lowest BCUT2D eigenvalue weighted by molar-refractivity contribution is -0.160. The van der Waals surface area contributed by atoms with Gasteiger partial charge in [0.15, 0.2) is 5.82 Å². The van der Waals surface area contributed by atoms with E-state index in [9.17, 15) is 40.3 Å². The second kappa shape index (κ2) is 10.9. The first-order valence-electron chi connectivity index (χ1n) is 11.5. The molecule has 39 heavy (non-hydrogen) atoms. The Balaban J connectivity index is 1.58. The van der Waals surface area contributed by atoms with Gasteiger partial charge in [-0.1, -0.05) is 29.3 Å². The van der Waals surface area contributed by atoms with Gasteiger partial charge in [-0.15, -0.1) is 11.8 Å². The number of benzene rings is 2.